The number of alkyl halides is 3. The number of carboxylic acids is 1. The first-order valence-corrected chi connectivity index (χ1v) is 5.96. The van der Waals surface area contributed by atoms with Gasteiger partial charge in [-0.15, -0.1) is 11.3 Å². The van der Waals surface area contributed by atoms with E-state index < -0.39 is 24.5 Å². The molecular formula is C12H9F3O2S. The molecule has 0 aliphatic carbocycles. The number of hydrogen-bond acceptors (Lipinski definition) is 2. The monoisotopic (exact) mass is 274 g/mol. The lowest BCUT2D eigenvalue weighted by atomic mass is 10.0. The maximum Gasteiger partial charge on any atom is 0.397 e. The molecule has 0 saturated carbocycles. The number of carbonyl (C=O) groups is 1. The molecule has 1 atom stereocenters. The van der Waals surface area contributed by atoms with Gasteiger partial charge in [-0.05, 0) is 17.5 Å². The van der Waals surface area contributed by atoms with Gasteiger partial charge in [-0.2, -0.15) is 13.2 Å². The third-order valence-corrected chi connectivity index (χ3v) is 3.79. The lowest BCUT2D eigenvalue weighted by Gasteiger charge is -2.16. The van der Waals surface area contributed by atoms with Crippen LogP contribution in [0.5, 0.6) is 0 Å². The summed E-state index contributed by atoms with van der Waals surface area (Å²) >= 11 is 0.991. The second-order valence-electron chi connectivity index (χ2n) is 3.88. The molecule has 1 aromatic heterocycles. The third-order valence-electron chi connectivity index (χ3n) is 2.56. The van der Waals surface area contributed by atoms with Gasteiger partial charge in [0.05, 0.1) is 12.3 Å². The molecule has 1 N–H and O–H groups in total. The van der Waals surface area contributed by atoms with Gasteiger partial charge < -0.3 is 5.11 Å². The second kappa shape index (κ2) is 4.61. The number of carboxylic acid groups (broad SMARTS) is 1. The Balaban J connectivity index is 2.44. The molecule has 0 amide bonds. The Morgan fingerprint density at radius 2 is 2.00 bits per heavy atom. The molecule has 18 heavy (non-hydrogen) atoms. The van der Waals surface area contributed by atoms with Gasteiger partial charge in [0.2, 0.25) is 0 Å². The van der Waals surface area contributed by atoms with Crippen molar-refractivity contribution >= 4 is 27.4 Å². The normalized spacial score (nSPS) is 13.7. The predicted octanol–water partition coefficient (Wildman–Crippen LogP) is 4.02. The Hall–Kier alpha value is -1.56. The lowest BCUT2D eigenvalue weighted by Crippen LogP contribution is -2.22. The van der Waals surface area contributed by atoms with Crippen LogP contribution in [0.3, 0.4) is 0 Å². The Morgan fingerprint density at radius 1 is 1.33 bits per heavy atom. The highest BCUT2D eigenvalue weighted by Crippen LogP contribution is 2.42. The summed E-state index contributed by atoms with van der Waals surface area (Å²) < 4.78 is 39.2. The lowest BCUT2D eigenvalue weighted by molar-refractivity contribution is -0.162. The van der Waals surface area contributed by atoms with E-state index >= 15 is 0 Å². The molecule has 1 heterocycles. The number of benzene rings is 1. The van der Waals surface area contributed by atoms with Crippen molar-refractivity contribution in [1.29, 1.82) is 0 Å². The first-order valence-electron chi connectivity index (χ1n) is 5.15. The molecule has 2 aromatic rings. The standard InChI is InChI=1S/C12H9F3O2S/c13-12(14,15)8(6-11(16)17)10-5-7-3-1-2-4-9(7)18-10/h1-5,8H,6H2,(H,16,17). The summed E-state index contributed by atoms with van der Waals surface area (Å²) in [5.74, 6) is -3.39. The van der Waals surface area contributed by atoms with Crippen LogP contribution in [0.2, 0.25) is 0 Å². The molecule has 0 radical (unpaired) electrons. The molecule has 0 aliphatic heterocycles. The SMILES string of the molecule is O=C(O)CC(c1cc2ccccc2s1)C(F)(F)F. The number of thiophene rings is 1. The van der Waals surface area contributed by atoms with Crippen molar-refractivity contribution in [2.45, 2.75) is 18.5 Å². The fourth-order valence-corrected chi connectivity index (χ4v) is 2.92. The van der Waals surface area contributed by atoms with Gasteiger partial charge in [-0.25, -0.2) is 0 Å². The summed E-state index contributed by atoms with van der Waals surface area (Å²) in [6.07, 6.45) is -5.48. The highest BCUT2D eigenvalue weighted by Gasteiger charge is 2.42. The number of halogens is 3. The van der Waals surface area contributed by atoms with E-state index in [1.165, 1.54) is 6.07 Å². The highest BCUT2D eigenvalue weighted by molar-refractivity contribution is 7.19. The van der Waals surface area contributed by atoms with Crippen molar-refractivity contribution in [3.63, 3.8) is 0 Å². The van der Waals surface area contributed by atoms with Crippen LogP contribution < -0.4 is 0 Å². The molecule has 0 fully saturated rings. The van der Waals surface area contributed by atoms with Crippen LogP contribution in [0.15, 0.2) is 30.3 Å². The Labute approximate surface area is 105 Å². The van der Waals surface area contributed by atoms with Gasteiger partial charge in [0.1, 0.15) is 0 Å². The molecule has 96 valence electrons. The first kappa shape index (κ1) is 12.9. The van der Waals surface area contributed by atoms with E-state index in [1.54, 1.807) is 24.3 Å². The van der Waals surface area contributed by atoms with Crippen LogP contribution in [-0.4, -0.2) is 17.3 Å². The zero-order valence-corrected chi connectivity index (χ0v) is 9.89. The predicted molar refractivity (Wildman–Crippen MR) is 62.9 cm³/mol. The zero-order valence-electron chi connectivity index (χ0n) is 9.07. The van der Waals surface area contributed by atoms with Gasteiger partial charge in [0, 0.05) is 9.58 Å². The Bertz CT molecular complexity index is 541. The van der Waals surface area contributed by atoms with Gasteiger partial charge in [-0.3, -0.25) is 4.79 Å². The topological polar surface area (TPSA) is 37.3 Å². The van der Waals surface area contributed by atoms with Crippen molar-refractivity contribution in [2.75, 3.05) is 0 Å². The summed E-state index contributed by atoms with van der Waals surface area (Å²) in [4.78, 5) is 10.6. The summed E-state index contributed by atoms with van der Waals surface area (Å²) in [6, 6.07) is 8.32. The van der Waals surface area contributed by atoms with Gasteiger partial charge >= 0.3 is 12.1 Å². The van der Waals surface area contributed by atoms with Crippen LogP contribution in [0, 0.1) is 0 Å². The second-order valence-corrected chi connectivity index (χ2v) is 4.99. The highest BCUT2D eigenvalue weighted by atomic mass is 32.1. The zero-order chi connectivity index (χ0) is 13.3. The van der Waals surface area contributed by atoms with Crippen LogP contribution in [-0.2, 0) is 4.79 Å². The molecule has 1 aromatic carbocycles. The van der Waals surface area contributed by atoms with E-state index in [0.717, 1.165) is 16.0 Å². The molecular weight excluding hydrogens is 265 g/mol. The number of rotatable bonds is 3. The van der Waals surface area contributed by atoms with E-state index in [0.29, 0.717) is 5.39 Å². The van der Waals surface area contributed by atoms with E-state index in [1.807, 2.05) is 0 Å². The average Bonchev–Trinajstić information content (AvgIpc) is 2.67. The van der Waals surface area contributed by atoms with Gasteiger partial charge in [-0.1, -0.05) is 18.2 Å². The van der Waals surface area contributed by atoms with Crippen molar-refractivity contribution in [1.82, 2.24) is 0 Å². The van der Waals surface area contributed by atoms with Crippen molar-refractivity contribution in [3.05, 3.63) is 35.2 Å². The smallest absolute Gasteiger partial charge is 0.397 e. The van der Waals surface area contributed by atoms with Crippen LogP contribution in [0.25, 0.3) is 10.1 Å². The molecule has 1 unspecified atom stereocenters. The molecule has 6 heteroatoms. The van der Waals surface area contributed by atoms with Crippen LogP contribution in [0.1, 0.15) is 17.2 Å². The molecule has 2 nitrogen and oxygen atoms in total. The summed E-state index contributed by atoms with van der Waals surface area (Å²) in [6.45, 7) is 0. The summed E-state index contributed by atoms with van der Waals surface area (Å²) in [5, 5.41) is 9.29. The van der Waals surface area contributed by atoms with Crippen molar-refractivity contribution in [2.24, 2.45) is 0 Å². The van der Waals surface area contributed by atoms with Crippen LogP contribution in [0.4, 0.5) is 13.2 Å². The van der Waals surface area contributed by atoms with E-state index in [-0.39, 0.29) is 4.88 Å². The average molecular weight is 274 g/mol. The molecule has 2 rings (SSSR count). The van der Waals surface area contributed by atoms with E-state index in [9.17, 15) is 18.0 Å². The van der Waals surface area contributed by atoms with Crippen molar-refractivity contribution < 1.29 is 23.1 Å². The van der Waals surface area contributed by atoms with E-state index in [4.69, 9.17) is 5.11 Å². The number of fused-ring (bicyclic) bond motifs is 1. The first-order chi connectivity index (χ1) is 8.38. The summed E-state index contributed by atoms with van der Waals surface area (Å²) in [5.41, 5.74) is 0. The molecule has 0 aliphatic rings. The minimum atomic E-state index is -4.54. The maximum absolute atomic E-state index is 12.8. The van der Waals surface area contributed by atoms with Gasteiger partial charge in [0.15, 0.2) is 0 Å². The van der Waals surface area contributed by atoms with E-state index in [2.05, 4.69) is 0 Å². The fourth-order valence-electron chi connectivity index (χ4n) is 1.73. The molecule has 0 spiro atoms. The molecule has 0 saturated heterocycles. The fraction of sp³-hybridized carbons (Fsp3) is 0.250. The number of hydrogen-bond donors (Lipinski definition) is 1. The number of aliphatic carboxylic acids is 1. The summed E-state index contributed by atoms with van der Waals surface area (Å²) in [7, 11) is 0. The largest absolute Gasteiger partial charge is 0.481 e. The maximum atomic E-state index is 12.8. The Morgan fingerprint density at radius 3 is 2.56 bits per heavy atom. The third kappa shape index (κ3) is 2.64. The quantitative estimate of drug-likeness (QED) is 0.917. The Kier molecular flexibility index (Phi) is 3.30. The van der Waals surface area contributed by atoms with Crippen molar-refractivity contribution in [3.8, 4) is 0 Å². The minimum Gasteiger partial charge on any atom is -0.481 e. The minimum absolute atomic E-state index is 0.0473. The van der Waals surface area contributed by atoms with Crippen LogP contribution >= 0.6 is 11.3 Å². The van der Waals surface area contributed by atoms with Gasteiger partial charge in [0.25, 0.3) is 0 Å². The molecule has 0 bridgehead atoms.